The molecule has 4 rings (SSSR count). The van der Waals surface area contributed by atoms with Gasteiger partial charge in [0.25, 0.3) is 11.8 Å². The van der Waals surface area contributed by atoms with Gasteiger partial charge in [0.1, 0.15) is 11.6 Å². The number of hydrogen-bond donors (Lipinski definition) is 1. The van der Waals surface area contributed by atoms with Crippen LogP contribution in [0.3, 0.4) is 0 Å². The molecule has 2 fully saturated rings. The zero-order valence-corrected chi connectivity index (χ0v) is 28.1. The van der Waals surface area contributed by atoms with Gasteiger partial charge in [0.05, 0.1) is 24.5 Å². The molecule has 1 saturated carbocycles. The van der Waals surface area contributed by atoms with E-state index in [0.717, 1.165) is 5.56 Å². The first-order chi connectivity index (χ1) is 21.4. The number of ether oxygens (including phenoxy) is 2. The van der Waals surface area contributed by atoms with Gasteiger partial charge < -0.3 is 14.8 Å². The lowest BCUT2D eigenvalue weighted by Crippen LogP contribution is -2.62. The zero-order valence-electron chi connectivity index (χ0n) is 28.1. The molecule has 1 aliphatic heterocycles. The molecule has 1 aromatic carbocycles. The number of aromatic nitrogens is 2. The average molecular weight is 644 g/mol. The summed E-state index contributed by atoms with van der Waals surface area (Å²) in [7, 11) is 1.51. The number of rotatable bonds is 7. The lowest BCUT2D eigenvalue weighted by molar-refractivity contribution is -0.133. The number of anilines is 1. The van der Waals surface area contributed by atoms with Crippen LogP contribution in [0.25, 0.3) is 0 Å². The van der Waals surface area contributed by atoms with Gasteiger partial charge in [-0.25, -0.2) is 13.6 Å². The van der Waals surface area contributed by atoms with E-state index in [9.17, 15) is 23.2 Å². The molecule has 252 valence electrons. The molecule has 2 heterocycles. The van der Waals surface area contributed by atoms with Crippen molar-refractivity contribution >= 4 is 23.6 Å². The molecule has 0 spiro atoms. The van der Waals surface area contributed by atoms with Crippen LogP contribution in [-0.4, -0.2) is 76.1 Å². The summed E-state index contributed by atoms with van der Waals surface area (Å²) in [6, 6.07) is 5.76. The highest BCUT2D eigenvalue weighted by atomic mass is 19.3. The quantitative estimate of drug-likeness (QED) is 0.409. The van der Waals surface area contributed by atoms with Crippen molar-refractivity contribution in [1.82, 2.24) is 20.2 Å². The number of likely N-dealkylation sites (tertiary alicyclic amines) is 1. The summed E-state index contributed by atoms with van der Waals surface area (Å²) >= 11 is 0. The highest BCUT2D eigenvalue weighted by Crippen LogP contribution is 2.38. The van der Waals surface area contributed by atoms with Gasteiger partial charge >= 0.3 is 6.09 Å². The predicted molar refractivity (Wildman–Crippen MR) is 169 cm³/mol. The molecule has 2 aromatic rings. The van der Waals surface area contributed by atoms with Crippen molar-refractivity contribution in [2.45, 2.75) is 121 Å². The van der Waals surface area contributed by atoms with E-state index in [4.69, 9.17) is 9.47 Å². The van der Waals surface area contributed by atoms with Gasteiger partial charge in [-0.1, -0.05) is 32.9 Å². The number of methoxy groups -OCH3 is 1. The Balaban J connectivity index is 1.84. The molecular weight excluding hydrogens is 596 g/mol. The Morgan fingerprint density at radius 2 is 1.63 bits per heavy atom. The van der Waals surface area contributed by atoms with Gasteiger partial charge in [-0.15, -0.1) is 0 Å². The van der Waals surface area contributed by atoms with E-state index in [1.165, 1.54) is 35.5 Å². The van der Waals surface area contributed by atoms with Crippen LogP contribution in [0.4, 0.5) is 19.3 Å². The van der Waals surface area contributed by atoms with Crippen molar-refractivity contribution in [3.63, 3.8) is 0 Å². The third kappa shape index (κ3) is 7.82. The van der Waals surface area contributed by atoms with Crippen LogP contribution in [0.2, 0.25) is 0 Å². The van der Waals surface area contributed by atoms with Crippen molar-refractivity contribution in [3.05, 3.63) is 54.1 Å². The van der Waals surface area contributed by atoms with E-state index in [-0.39, 0.29) is 49.8 Å². The third-order valence-electron chi connectivity index (χ3n) is 8.72. The van der Waals surface area contributed by atoms with Crippen molar-refractivity contribution < 1.29 is 32.6 Å². The standard InChI is InChI=1S/C34H47F2N5O5/c1-31(2,3)22-9-11-24(12-10-22)41(28(42)26-19-25(45-8)21-40(26)30(44)46-32(4,5)6)33(7,27-20-37-17-18-38-27)29(43)39-23-13-15-34(35,36)16-14-23/h9-12,17-18,20,23,25-26H,13-16,19,21H2,1-8H3,(H,39,43)/t25-,26-,33?/m1/s1. The van der Waals surface area contributed by atoms with E-state index in [2.05, 4.69) is 36.1 Å². The fourth-order valence-electron chi connectivity index (χ4n) is 5.98. The first-order valence-corrected chi connectivity index (χ1v) is 15.8. The van der Waals surface area contributed by atoms with Crippen molar-refractivity contribution in [2.24, 2.45) is 0 Å². The lowest BCUT2D eigenvalue weighted by atomic mass is 9.86. The second-order valence-corrected chi connectivity index (χ2v) is 14.5. The Morgan fingerprint density at radius 3 is 2.15 bits per heavy atom. The Kier molecular flexibility index (Phi) is 10.1. The second kappa shape index (κ2) is 13.2. The Hall–Kier alpha value is -3.67. The molecule has 10 nitrogen and oxygen atoms in total. The molecule has 12 heteroatoms. The van der Waals surface area contributed by atoms with Crippen molar-refractivity contribution in [2.75, 3.05) is 18.6 Å². The highest BCUT2D eigenvalue weighted by molar-refractivity contribution is 6.06. The summed E-state index contributed by atoms with van der Waals surface area (Å²) < 4.78 is 39.2. The number of nitrogens with one attached hydrogen (secondary N) is 1. The van der Waals surface area contributed by atoms with Gasteiger partial charge in [-0.2, -0.15) is 0 Å². The maximum Gasteiger partial charge on any atom is 0.411 e. The first-order valence-electron chi connectivity index (χ1n) is 15.8. The highest BCUT2D eigenvalue weighted by Gasteiger charge is 2.52. The van der Waals surface area contributed by atoms with Gasteiger partial charge in [0.2, 0.25) is 5.92 Å². The molecule has 3 amide bonds. The van der Waals surface area contributed by atoms with Crippen molar-refractivity contribution in [3.8, 4) is 0 Å². The second-order valence-electron chi connectivity index (χ2n) is 14.5. The number of halogens is 2. The van der Waals surface area contributed by atoms with Crippen LogP contribution in [0, 0.1) is 0 Å². The van der Waals surface area contributed by atoms with E-state index in [0.29, 0.717) is 5.69 Å². The monoisotopic (exact) mass is 643 g/mol. The molecule has 1 aromatic heterocycles. The first kappa shape index (κ1) is 35.2. The number of benzene rings is 1. The molecule has 1 saturated heterocycles. The number of hydrogen-bond acceptors (Lipinski definition) is 7. The number of carbonyl (C=O) groups excluding carboxylic acids is 3. The predicted octanol–water partition coefficient (Wildman–Crippen LogP) is 5.74. The Morgan fingerprint density at radius 1 is 1.00 bits per heavy atom. The van der Waals surface area contributed by atoms with Crippen LogP contribution in [0.5, 0.6) is 0 Å². The summed E-state index contributed by atoms with van der Waals surface area (Å²) in [4.78, 5) is 54.3. The number of carbonyl (C=O) groups is 3. The molecule has 2 aliphatic rings. The number of alkyl halides is 2. The summed E-state index contributed by atoms with van der Waals surface area (Å²) in [5.74, 6) is -3.92. The molecule has 3 atom stereocenters. The number of amides is 3. The summed E-state index contributed by atoms with van der Waals surface area (Å²) in [6.45, 7) is 13.1. The van der Waals surface area contributed by atoms with Crippen LogP contribution in [0.15, 0.2) is 42.9 Å². The Bertz CT molecular complexity index is 1380. The minimum Gasteiger partial charge on any atom is -0.444 e. The molecule has 1 N–H and O–H groups in total. The van der Waals surface area contributed by atoms with Crippen LogP contribution >= 0.6 is 0 Å². The maximum absolute atomic E-state index is 15.0. The van der Waals surface area contributed by atoms with Crippen LogP contribution < -0.4 is 10.2 Å². The van der Waals surface area contributed by atoms with E-state index in [1.807, 2.05) is 12.1 Å². The maximum atomic E-state index is 15.0. The molecule has 1 aliphatic carbocycles. The van der Waals surface area contributed by atoms with Crippen LogP contribution in [0.1, 0.15) is 91.8 Å². The van der Waals surface area contributed by atoms with Gasteiger partial charge in [-0.3, -0.25) is 29.4 Å². The van der Waals surface area contributed by atoms with Gasteiger partial charge in [-0.05, 0) is 63.6 Å². The fourth-order valence-corrected chi connectivity index (χ4v) is 5.98. The molecule has 1 unspecified atom stereocenters. The SMILES string of the molecule is CO[C@@H]1C[C@H](C(=O)N(c2ccc(C(C)(C)C)cc2)C(C)(C(=O)NC2CCC(F)(F)CC2)c2cnccn2)N(C(=O)OC(C)(C)C)C1. The minimum absolute atomic E-state index is 0.0913. The molecule has 0 bridgehead atoms. The summed E-state index contributed by atoms with van der Waals surface area (Å²) in [6.07, 6.45) is 2.83. The minimum atomic E-state index is -2.78. The summed E-state index contributed by atoms with van der Waals surface area (Å²) in [5, 5.41) is 2.95. The third-order valence-corrected chi connectivity index (χ3v) is 8.72. The normalized spacial score (nSPS) is 21.7. The largest absolute Gasteiger partial charge is 0.444 e. The average Bonchev–Trinajstić information content (AvgIpc) is 3.43. The lowest BCUT2D eigenvalue weighted by Gasteiger charge is -2.42. The molecule has 0 radical (unpaired) electrons. The zero-order chi connectivity index (χ0) is 34.1. The van der Waals surface area contributed by atoms with Crippen molar-refractivity contribution in [1.29, 1.82) is 0 Å². The summed E-state index contributed by atoms with van der Waals surface area (Å²) in [5.41, 5.74) is -1.23. The number of nitrogens with zero attached hydrogens (tertiary/aromatic N) is 4. The van der Waals surface area contributed by atoms with Crippen LogP contribution in [-0.2, 0) is 30.0 Å². The fraction of sp³-hybridized carbons (Fsp3) is 0.618. The van der Waals surface area contributed by atoms with E-state index >= 15 is 0 Å². The molecular formula is C34H47F2N5O5. The van der Waals surface area contributed by atoms with E-state index < -0.39 is 53.2 Å². The topological polar surface area (TPSA) is 114 Å². The Labute approximate surface area is 270 Å². The molecule has 46 heavy (non-hydrogen) atoms. The smallest absolute Gasteiger partial charge is 0.411 e. The van der Waals surface area contributed by atoms with Gasteiger partial charge in [0, 0.05) is 50.5 Å². The van der Waals surface area contributed by atoms with Gasteiger partial charge in [0.15, 0.2) is 5.54 Å². The van der Waals surface area contributed by atoms with E-state index in [1.54, 1.807) is 39.8 Å².